The molecule has 2 heteroatoms. The summed E-state index contributed by atoms with van der Waals surface area (Å²) in [4.78, 5) is 0. The summed E-state index contributed by atoms with van der Waals surface area (Å²) in [5, 5.41) is 9.89. The molecule has 0 amide bonds. The summed E-state index contributed by atoms with van der Waals surface area (Å²) in [6.07, 6.45) is 1.31. The van der Waals surface area contributed by atoms with Crippen LogP contribution in [0.3, 0.4) is 0 Å². The summed E-state index contributed by atoms with van der Waals surface area (Å²) < 4.78 is 0. The Labute approximate surface area is 79.4 Å². The molecule has 1 rings (SSSR count). The van der Waals surface area contributed by atoms with Gasteiger partial charge in [-0.2, -0.15) is 0 Å². The van der Waals surface area contributed by atoms with Crippen LogP contribution in [-0.2, 0) is 6.42 Å². The Kier molecular flexibility index (Phi) is 3.46. The zero-order valence-electron chi connectivity index (χ0n) is 8.03. The molecule has 0 aliphatic rings. The Hall–Kier alpha value is -0.860. The molecule has 0 saturated heterocycles. The van der Waals surface area contributed by atoms with E-state index >= 15 is 0 Å². The molecule has 13 heavy (non-hydrogen) atoms. The first-order valence-electron chi connectivity index (χ1n) is 4.60. The van der Waals surface area contributed by atoms with Crippen LogP contribution >= 0.6 is 0 Å². The van der Waals surface area contributed by atoms with E-state index in [4.69, 9.17) is 5.73 Å². The van der Waals surface area contributed by atoms with Crippen LogP contribution in [0.1, 0.15) is 18.9 Å². The number of rotatable bonds is 4. The van der Waals surface area contributed by atoms with Crippen LogP contribution in [0.25, 0.3) is 0 Å². The zero-order valence-corrected chi connectivity index (χ0v) is 8.03. The summed E-state index contributed by atoms with van der Waals surface area (Å²) in [5.41, 5.74) is 5.89. The minimum atomic E-state index is -0.671. The molecule has 1 atom stereocenters. The number of hydrogen-bond donors (Lipinski definition) is 2. The molecule has 0 heterocycles. The molecular formula is C11H17NO. The quantitative estimate of drug-likeness (QED) is 0.732. The van der Waals surface area contributed by atoms with Gasteiger partial charge >= 0.3 is 0 Å². The summed E-state index contributed by atoms with van der Waals surface area (Å²) >= 11 is 0. The molecule has 72 valence electrons. The Morgan fingerprint density at radius 3 is 2.46 bits per heavy atom. The summed E-state index contributed by atoms with van der Waals surface area (Å²) in [5.74, 6) is 0. The molecule has 0 radical (unpaired) electrons. The van der Waals surface area contributed by atoms with E-state index in [0.29, 0.717) is 19.4 Å². The van der Waals surface area contributed by atoms with Crippen LogP contribution in [0, 0.1) is 0 Å². The third kappa shape index (κ3) is 3.57. The average molecular weight is 179 g/mol. The van der Waals surface area contributed by atoms with Gasteiger partial charge in [0.15, 0.2) is 0 Å². The van der Waals surface area contributed by atoms with Crippen molar-refractivity contribution < 1.29 is 5.11 Å². The van der Waals surface area contributed by atoms with Gasteiger partial charge in [0.25, 0.3) is 0 Å². The van der Waals surface area contributed by atoms with Crippen LogP contribution < -0.4 is 5.73 Å². The number of benzene rings is 1. The first kappa shape index (κ1) is 10.2. The maximum absolute atomic E-state index is 9.89. The van der Waals surface area contributed by atoms with Crippen molar-refractivity contribution in [3.63, 3.8) is 0 Å². The van der Waals surface area contributed by atoms with Crippen LogP contribution in [0.5, 0.6) is 0 Å². The topological polar surface area (TPSA) is 46.2 Å². The predicted molar refractivity (Wildman–Crippen MR) is 54.4 cm³/mol. The lowest BCUT2D eigenvalue weighted by Crippen LogP contribution is -2.30. The van der Waals surface area contributed by atoms with Crippen molar-refractivity contribution in [2.75, 3.05) is 6.54 Å². The molecule has 0 aromatic heterocycles. The molecule has 3 N–H and O–H groups in total. The molecule has 0 saturated carbocycles. The number of aliphatic hydroxyl groups is 1. The second kappa shape index (κ2) is 4.40. The third-order valence-corrected chi connectivity index (χ3v) is 2.11. The van der Waals surface area contributed by atoms with Gasteiger partial charge in [-0.1, -0.05) is 30.3 Å². The monoisotopic (exact) mass is 179 g/mol. The van der Waals surface area contributed by atoms with E-state index in [9.17, 15) is 5.11 Å². The lowest BCUT2D eigenvalue weighted by atomic mass is 9.93. The van der Waals surface area contributed by atoms with E-state index in [1.807, 2.05) is 37.3 Å². The predicted octanol–water partition coefficient (Wildman–Crippen LogP) is 1.33. The van der Waals surface area contributed by atoms with Crippen molar-refractivity contribution in [1.82, 2.24) is 0 Å². The minimum Gasteiger partial charge on any atom is -0.390 e. The van der Waals surface area contributed by atoms with Crippen molar-refractivity contribution in [2.45, 2.75) is 25.4 Å². The highest BCUT2D eigenvalue weighted by atomic mass is 16.3. The van der Waals surface area contributed by atoms with E-state index in [2.05, 4.69) is 0 Å². The maximum atomic E-state index is 9.89. The minimum absolute atomic E-state index is 0.528. The fraction of sp³-hybridized carbons (Fsp3) is 0.455. The Bertz CT molecular complexity index is 244. The maximum Gasteiger partial charge on any atom is 0.0671 e. The van der Waals surface area contributed by atoms with Gasteiger partial charge in [0.05, 0.1) is 5.60 Å². The second-order valence-electron chi connectivity index (χ2n) is 3.70. The Balaban J connectivity index is 2.58. The van der Waals surface area contributed by atoms with Crippen LogP contribution in [-0.4, -0.2) is 17.3 Å². The van der Waals surface area contributed by atoms with Gasteiger partial charge in [-0.15, -0.1) is 0 Å². The molecule has 1 aromatic carbocycles. The molecule has 0 aliphatic heterocycles. The molecular weight excluding hydrogens is 162 g/mol. The summed E-state index contributed by atoms with van der Waals surface area (Å²) in [7, 11) is 0. The molecule has 0 fully saturated rings. The van der Waals surface area contributed by atoms with Crippen LogP contribution in [0.4, 0.5) is 0 Å². The second-order valence-corrected chi connectivity index (χ2v) is 3.70. The molecule has 1 unspecified atom stereocenters. The van der Waals surface area contributed by atoms with Crippen LogP contribution in [0.2, 0.25) is 0 Å². The highest BCUT2D eigenvalue weighted by molar-refractivity contribution is 5.16. The van der Waals surface area contributed by atoms with Gasteiger partial charge in [-0.3, -0.25) is 0 Å². The average Bonchev–Trinajstić information content (AvgIpc) is 2.04. The van der Waals surface area contributed by atoms with Crippen molar-refractivity contribution in [1.29, 1.82) is 0 Å². The van der Waals surface area contributed by atoms with E-state index in [0.717, 1.165) is 5.56 Å². The summed E-state index contributed by atoms with van der Waals surface area (Å²) in [6.45, 7) is 2.35. The molecule has 0 aliphatic carbocycles. The van der Waals surface area contributed by atoms with E-state index in [1.165, 1.54) is 0 Å². The zero-order chi connectivity index (χ0) is 9.73. The van der Waals surface area contributed by atoms with Gasteiger partial charge in [-0.05, 0) is 25.5 Å². The fourth-order valence-electron chi connectivity index (χ4n) is 1.43. The molecule has 1 aromatic rings. The lowest BCUT2D eigenvalue weighted by Gasteiger charge is -2.22. The van der Waals surface area contributed by atoms with E-state index in [1.54, 1.807) is 0 Å². The highest BCUT2D eigenvalue weighted by Crippen LogP contribution is 2.15. The first-order chi connectivity index (χ1) is 6.14. The van der Waals surface area contributed by atoms with Crippen molar-refractivity contribution in [3.8, 4) is 0 Å². The molecule has 0 bridgehead atoms. The van der Waals surface area contributed by atoms with Crippen molar-refractivity contribution in [2.24, 2.45) is 5.73 Å². The largest absolute Gasteiger partial charge is 0.390 e. The van der Waals surface area contributed by atoms with Gasteiger partial charge in [-0.25, -0.2) is 0 Å². The van der Waals surface area contributed by atoms with Gasteiger partial charge in [0, 0.05) is 6.42 Å². The van der Waals surface area contributed by atoms with E-state index < -0.39 is 5.60 Å². The van der Waals surface area contributed by atoms with Crippen LogP contribution in [0.15, 0.2) is 30.3 Å². The number of hydrogen-bond acceptors (Lipinski definition) is 2. The third-order valence-electron chi connectivity index (χ3n) is 2.11. The highest BCUT2D eigenvalue weighted by Gasteiger charge is 2.19. The first-order valence-corrected chi connectivity index (χ1v) is 4.60. The molecule has 2 nitrogen and oxygen atoms in total. The Morgan fingerprint density at radius 1 is 1.31 bits per heavy atom. The van der Waals surface area contributed by atoms with E-state index in [-0.39, 0.29) is 0 Å². The van der Waals surface area contributed by atoms with Gasteiger partial charge in [0.2, 0.25) is 0 Å². The molecule has 0 spiro atoms. The number of nitrogens with two attached hydrogens (primary N) is 1. The summed E-state index contributed by atoms with van der Waals surface area (Å²) in [6, 6.07) is 9.97. The smallest absolute Gasteiger partial charge is 0.0671 e. The normalized spacial score (nSPS) is 15.3. The SMILES string of the molecule is CC(O)(CCN)Cc1ccccc1. The standard InChI is InChI=1S/C11H17NO/c1-11(13,7-8-12)9-10-5-3-2-4-6-10/h2-6,13H,7-9,12H2,1H3. The fourth-order valence-corrected chi connectivity index (χ4v) is 1.43. The Morgan fingerprint density at radius 2 is 1.92 bits per heavy atom. The van der Waals surface area contributed by atoms with Gasteiger partial charge < -0.3 is 10.8 Å². The van der Waals surface area contributed by atoms with Crippen molar-refractivity contribution in [3.05, 3.63) is 35.9 Å². The lowest BCUT2D eigenvalue weighted by molar-refractivity contribution is 0.0539. The van der Waals surface area contributed by atoms with Crippen molar-refractivity contribution >= 4 is 0 Å². The van der Waals surface area contributed by atoms with Gasteiger partial charge in [0.1, 0.15) is 0 Å².